The molecule has 0 aliphatic carbocycles. The van der Waals surface area contributed by atoms with Crippen LogP contribution in [0.3, 0.4) is 0 Å². The number of amides is 2. The molecule has 5 nitrogen and oxygen atoms in total. The van der Waals surface area contributed by atoms with Gasteiger partial charge in [0.25, 0.3) is 0 Å². The Morgan fingerprint density at radius 1 is 1.52 bits per heavy atom. The van der Waals surface area contributed by atoms with Crippen LogP contribution in [0.25, 0.3) is 0 Å². The molecule has 1 fully saturated rings. The van der Waals surface area contributed by atoms with Crippen LogP contribution in [0.1, 0.15) is 20.3 Å². The first-order chi connectivity index (χ1) is 9.95. The quantitative estimate of drug-likeness (QED) is 0.909. The van der Waals surface area contributed by atoms with Crippen LogP contribution in [0.2, 0.25) is 5.02 Å². The normalized spacial score (nSPS) is 18.0. The summed E-state index contributed by atoms with van der Waals surface area (Å²) in [7, 11) is 0. The van der Waals surface area contributed by atoms with Crippen molar-refractivity contribution in [3.63, 3.8) is 0 Å². The second-order valence-corrected chi connectivity index (χ2v) is 5.93. The van der Waals surface area contributed by atoms with Gasteiger partial charge in [-0.25, -0.2) is 4.79 Å². The second-order valence-electron chi connectivity index (χ2n) is 5.50. The zero-order chi connectivity index (χ0) is 15.4. The fraction of sp³-hybridized carbons (Fsp3) is 0.467. The van der Waals surface area contributed by atoms with Crippen LogP contribution in [0.4, 0.5) is 10.5 Å². The average Bonchev–Trinajstić information content (AvgIpc) is 2.77. The van der Waals surface area contributed by atoms with Crippen LogP contribution >= 0.6 is 11.6 Å². The summed E-state index contributed by atoms with van der Waals surface area (Å²) in [6, 6.07) is 7.04. The van der Waals surface area contributed by atoms with Gasteiger partial charge in [0.05, 0.1) is 13.1 Å². The molecule has 0 saturated carbocycles. The molecule has 1 aliphatic rings. The molecule has 0 radical (unpaired) electrons. The molecule has 1 aromatic carbocycles. The van der Waals surface area contributed by atoms with Crippen molar-refractivity contribution < 1.29 is 14.3 Å². The Balaban J connectivity index is 1.89. The van der Waals surface area contributed by atoms with Crippen molar-refractivity contribution in [3.05, 3.63) is 29.3 Å². The molecule has 0 spiro atoms. The number of benzene rings is 1. The van der Waals surface area contributed by atoms with Crippen molar-refractivity contribution >= 4 is 29.3 Å². The van der Waals surface area contributed by atoms with E-state index in [1.807, 2.05) is 13.8 Å². The van der Waals surface area contributed by atoms with Gasteiger partial charge in [-0.1, -0.05) is 31.5 Å². The van der Waals surface area contributed by atoms with E-state index in [0.29, 0.717) is 36.1 Å². The maximum Gasteiger partial charge on any atom is 0.414 e. The molecule has 1 saturated heterocycles. The molecular weight excluding hydrogens is 292 g/mol. The van der Waals surface area contributed by atoms with E-state index < -0.39 is 6.09 Å². The van der Waals surface area contributed by atoms with Gasteiger partial charge in [0, 0.05) is 17.1 Å². The van der Waals surface area contributed by atoms with Gasteiger partial charge in [-0.15, -0.1) is 0 Å². The summed E-state index contributed by atoms with van der Waals surface area (Å²) in [5.41, 5.74) is 0.698. The lowest BCUT2D eigenvalue weighted by Crippen LogP contribution is -2.35. The fourth-order valence-electron chi connectivity index (χ4n) is 2.15. The Hall–Kier alpha value is -1.75. The van der Waals surface area contributed by atoms with Crippen LogP contribution < -0.4 is 10.2 Å². The highest BCUT2D eigenvalue weighted by molar-refractivity contribution is 6.30. The molecular formula is C15H19ClN2O3. The van der Waals surface area contributed by atoms with E-state index in [9.17, 15) is 9.59 Å². The van der Waals surface area contributed by atoms with E-state index in [2.05, 4.69) is 5.32 Å². The monoisotopic (exact) mass is 310 g/mol. The van der Waals surface area contributed by atoms with Crippen molar-refractivity contribution in [2.45, 2.75) is 26.4 Å². The number of halogens is 1. The third-order valence-electron chi connectivity index (χ3n) is 3.11. The molecule has 1 heterocycles. The Morgan fingerprint density at radius 2 is 2.29 bits per heavy atom. The molecule has 1 atom stereocenters. The van der Waals surface area contributed by atoms with Crippen LogP contribution in [-0.4, -0.2) is 31.2 Å². The Morgan fingerprint density at radius 3 is 2.95 bits per heavy atom. The van der Waals surface area contributed by atoms with Crippen molar-refractivity contribution in [2.24, 2.45) is 5.92 Å². The van der Waals surface area contributed by atoms with Gasteiger partial charge in [0.15, 0.2) is 0 Å². The standard InChI is InChI=1S/C15H19ClN2O3/c1-10(2)6-14(19)17-8-13-9-18(15(20)21-13)12-5-3-4-11(16)7-12/h3-5,7,10,13H,6,8-9H2,1-2H3,(H,17,19). The van der Waals surface area contributed by atoms with Crippen LogP contribution in [-0.2, 0) is 9.53 Å². The number of hydrogen-bond donors (Lipinski definition) is 1. The average molecular weight is 311 g/mol. The highest BCUT2D eigenvalue weighted by Gasteiger charge is 2.32. The zero-order valence-corrected chi connectivity index (χ0v) is 12.9. The van der Waals surface area contributed by atoms with E-state index in [1.54, 1.807) is 24.3 Å². The lowest BCUT2D eigenvalue weighted by molar-refractivity contribution is -0.122. The molecule has 1 aromatic rings. The van der Waals surface area contributed by atoms with Crippen LogP contribution in [0.15, 0.2) is 24.3 Å². The molecule has 114 valence electrons. The molecule has 2 rings (SSSR count). The number of cyclic esters (lactones) is 1. The number of nitrogens with zero attached hydrogens (tertiary/aromatic N) is 1. The highest BCUT2D eigenvalue weighted by atomic mass is 35.5. The molecule has 0 aromatic heterocycles. The number of anilines is 1. The second kappa shape index (κ2) is 6.80. The molecule has 1 unspecified atom stereocenters. The number of hydrogen-bond acceptors (Lipinski definition) is 3. The lowest BCUT2D eigenvalue weighted by Gasteiger charge is -2.13. The number of ether oxygens (including phenoxy) is 1. The first-order valence-corrected chi connectivity index (χ1v) is 7.34. The van der Waals surface area contributed by atoms with E-state index in [-0.39, 0.29) is 12.0 Å². The maximum absolute atomic E-state index is 11.9. The third-order valence-corrected chi connectivity index (χ3v) is 3.35. The van der Waals surface area contributed by atoms with Crippen molar-refractivity contribution in [1.29, 1.82) is 0 Å². The van der Waals surface area contributed by atoms with E-state index in [1.165, 1.54) is 4.90 Å². The van der Waals surface area contributed by atoms with Crippen molar-refractivity contribution in [3.8, 4) is 0 Å². The van der Waals surface area contributed by atoms with Gasteiger partial charge in [0.2, 0.25) is 5.91 Å². The van der Waals surface area contributed by atoms with Gasteiger partial charge >= 0.3 is 6.09 Å². The lowest BCUT2D eigenvalue weighted by atomic mass is 10.1. The molecule has 0 bridgehead atoms. The molecule has 2 amide bonds. The largest absolute Gasteiger partial charge is 0.442 e. The van der Waals surface area contributed by atoms with Gasteiger partial charge < -0.3 is 10.1 Å². The predicted molar refractivity (Wildman–Crippen MR) is 81.5 cm³/mol. The summed E-state index contributed by atoms with van der Waals surface area (Å²) >= 11 is 5.92. The Labute approximate surface area is 129 Å². The van der Waals surface area contributed by atoms with E-state index in [4.69, 9.17) is 16.3 Å². The smallest absolute Gasteiger partial charge is 0.414 e. The van der Waals surface area contributed by atoms with Crippen molar-refractivity contribution in [1.82, 2.24) is 5.32 Å². The summed E-state index contributed by atoms with van der Waals surface area (Å²) in [6.07, 6.45) is -0.286. The summed E-state index contributed by atoms with van der Waals surface area (Å²) < 4.78 is 5.25. The third kappa shape index (κ3) is 4.36. The summed E-state index contributed by atoms with van der Waals surface area (Å²) in [5, 5.41) is 3.35. The maximum atomic E-state index is 11.9. The molecule has 6 heteroatoms. The highest BCUT2D eigenvalue weighted by Crippen LogP contribution is 2.24. The van der Waals surface area contributed by atoms with Gasteiger partial charge in [-0.3, -0.25) is 9.69 Å². The van der Waals surface area contributed by atoms with Crippen molar-refractivity contribution in [2.75, 3.05) is 18.0 Å². The number of rotatable bonds is 5. The Bertz CT molecular complexity index is 533. The summed E-state index contributed by atoms with van der Waals surface area (Å²) in [5.74, 6) is 0.279. The summed E-state index contributed by atoms with van der Waals surface area (Å²) in [4.78, 5) is 25.0. The fourth-order valence-corrected chi connectivity index (χ4v) is 2.34. The number of nitrogens with one attached hydrogen (secondary N) is 1. The zero-order valence-electron chi connectivity index (χ0n) is 12.1. The molecule has 1 N–H and O–H groups in total. The summed E-state index contributed by atoms with van der Waals surface area (Å²) in [6.45, 7) is 4.70. The minimum absolute atomic E-state index is 0.0257. The SMILES string of the molecule is CC(C)CC(=O)NCC1CN(c2cccc(Cl)c2)C(=O)O1. The molecule has 1 aliphatic heterocycles. The Kier molecular flexibility index (Phi) is 5.07. The van der Waals surface area contributed by atoms with Gasteiger partial charge in [-0.2, -0.15) is 0 Å². The van der Waals surface area contributed by atoms with Gasteiger partial charge in [-0.05, 0) is 24.1 Å². The van der Waals surface area contributed by atoms with E-state index >= 15 is 0 Å². The van der Waals surface area contributed by atoms with Crippen LogP contribution in [0, 0.1) is 5.92 Å². The minimum Gasteiger partial charge on any atom is -0.442 e. The predicted octanol–water partition coefficient (Wildman–Crippen LogP) is 2.83. The van der Waals surface area contributed by atoms with Gasteiger partial charge in [0.1, 0.15) is 6.10 Å². The first-order valence-electron chi connectivity index (χ1n) is 6.96. The van der Waals surface area contributed by atoms with E-state index in [0.717, 1.165) is 0 Å². The first kappa shape index (κ1) is 15.6. The number of carbonyl (C=O) groups excluding carboxylic acids is 2. The molecule has 21 heavy (non-hydrogen) atoms. The van der Waals surface area contributed by atoms with Crippen LogP contribution in [0.5, 0.6) is 0 Å². The minimum atomic E-state index is -0.416. The topological polar surface area (TPSA) is 58.6 Å². The number of carbonyl (C=O) groups is 2.